The van der Waals surface area contributed by atoms with E-state index < -0.39 is 0 Å². The number of H-pyrrole nitrogens is 1. The number of hydrogen-bond acceptors (Lipinski definition) is 3. The van der Waals surface area contributed by atoms with Gasteiger partial charge in [-0.15, -0.1) is 0 Å². The zero-order chi connectivity index (χ0) is 11.4. The highest BCUT2D eigenvalue weighted by Gasteiger charge is 2.02. The summed E-state index contributed by atoms with van der Waals surface area (Å²) in [4.78, 5) is 0. The zero-order valence-corrected chi connectivity index (χ0v) is 9.92. The van der Waals surface area contributed by atoms with Crippen LogP contribution in [0.1, 0.15) is 18.3 Å². The molecule has 0 aliphatic rings. The molecule has 0 radical (unpaired) electrons. The second kappa shape index (κ2) is 4.94. The van der Waals surface area contributed by atoms with Crippen molar-refractivity contribution < 1.29 is 0 Å². The van der Waals surface area contributed by atoms with Gasteiger partial charge in [0.25, 0.3) is 0 Å². The highest BCUT2D eigenvalue weighted by atomic mass is 32.1. The van der Waals surface area contributed by atoms with E-state index >= 15 is 0 Å². The first kappa shape index (κ1) is 10.9. The van der Waals surface area contributed by atoms with Gasteiger partial charge in [-0.2, -0.15) is 5.10 Å². The van der Waals surface area contributed by atoms with Gasteiger partial charge in [0, 0.05) is 6.42 Å². The Bertz CT molecular complexity index is 500. The molecule has 0 bridgehead atoms. The fourth-order valence-electron chi connectivity index (χ4n) is 1.50. The summed E-state index contributed by atoms with van der Waals surface area (Å²) >= 11 is 5.14. The van der Waals surface area contributed by atoms with Crippen LogP contribution >= 0.6 is 12.2 Å². The van der Waals surface area contributed by atoms with Crippen LogP contribution < -0.4 is 5.43 Å². The molecule has 4 nitrogen and oxygen atoms in total. The summed E-state index contributed by atoms with van der Waals surface area (Å²) in [6.07, 6.45) is 0.842. The van der Waals surface area contributed by atoms with Crippen molar-refractivity contribution in [2.24, 2.45) is 0 Å². The molecule has 1 aromatic heterocycles. The van der Waals surface area contributed by atoms with Crippen LogP contribution in [0, 0.1) is 4.77 Å². The van der Waals surface area contributed by atoms with Crippen molar-refractivity contribution in [3.8, 4) is 0 Å². The Morgan fingerprint density at radius 3 is 2.81 bits per heavy atom. The van der Waals surface area contributed by atoms with Crippen molar-refractivity contribution >= 4 is 12.2 Å². The van der Waals surface area contributed by atoms with Gasteiger partial charge in [-0.3, -0.25) is 5.10 Å². The van der Waals surface area contributed by atoms with Gasteiger partial charge in [0.05, 0.1) is 6.54 Å². The van der Waals surface area contributed by atoms with E-state index in [1.54, 1.807) is 0 Å². The SMILES string of the molecule is CCc1n[nH]c(=S)n1NCc1ccccc1. The maximum absolute atomic E-state index is 5.14. The Kier molecular flexibility index (Phi) is 3.36. The first-order valence-corrected chi connectivity index (χ1v) is 5.66. The molecule has 0 amide bonds. The first-order chi connectivity index (χ1) is 7.81. The number of aromatic nitrogens is 3. The highest BCUT2D eigenvalue weighted by Crippen LogP contribution is 2.01. The minimum absolute atomic E-state index is 0.604. The fraction of sp³-hybridized carbons (Fsp3) is 0.273. The molecule has 16 heavy (non-hydrogen) atoms. The van der Waals surface area contributed by atoms with Crippen molar-refractivity contribution in [1.82, 2.24) is 14.9 Å². The Morgan fingerprint density at radius 1 is 1.38 bits per heavy atom. The van der Waals surface area contributed by atoms with Gasteiger partial charge in [0.1, 0.15) is 0 Å². The van der Waals surface area contributed by atoms with Crippen molar-refractivity contribution in [3.63, 3.8) is 0 Å². The van der Waals surface area contributed by atoms with Gasteiger partial charge >= 0.3 is 0 Å². The molecule has 0 unspecified atom stereocenters. The number of nitrogens with one attached hydrogen (secondary N) is 2. The second-order valence-corrected chi connectivity index (χ2v) is 3.84. The van der Waals surface area contributed by atoms with Crippen LogP contribution in [0.25, 0.3) is 0 Å². The standard InChI is InChI=1S/C11H14N4S/c1-2-10-13-14-11(16)15(10)12-8-9-6-4-3-5-7-9/h3-7,12H,2,8H2,1H3,(H,14,16). The fourth-order valence-corrected chi connectivity index (χ4v) is 1.71. The van der Waals surface area contributed by atoms with E-state index in [1.165, 1.54) is 5.56 Å². The molecule has 1 heterocycles. The lowest BCUT2D eigenvalue weighted by Crippen LogP contribution is -2.17. The molecular formula is C11H14N4S. The average Bonchev–Trinajstić information content (AvgIpc) is 2.69. The molecule has 2 aromatic rings. The quantitative estimate of drug-likeness (QED) is 0.798. The van der Waals surface area contributed by atoms with Crippen LogP contribution in [0.5, 0.6) is 0 Å². The molecule has 0 aliphatic heterocycles. The lowest BCUT2D eigenvalue weighted by Gasteiger charge is -2.08. The Hall–Kier alpha value is -1.62. The van der Waals surface area contributed by atoms with E-state index in [0.717, 1.165) is 18.8 Å². The molecule has 5 heteroatoms. The van der Waals surface area contributed by atoms with Crippen molar-refractivity contribution in [2.75, 3.05) is 5.43 Å². The van der Waals surface area contributed by atoms with E-state index in [4.69, 9.17) is 12.2 Å². The van der Waals surface area contributed by atoms with Crippen molar-refractivity contribution in [3.05, 3.63) is 46.5 Å². The molecule has 0 fully saturated rings. The molecule has 84 valence electrons. The summed E-state index contributed by atoms with van der Waals surface area (Å²) in [5.41, 5.74) is 4.46. The van der Waals surface area contributed by atoms with Crippen LogP contribution in [-0.2, 0) is 13.0 Å². The monoisotopic (exact) mass is 234 g/mol. The number of aromatic amines is 1. The molecule has 0 saturated carbocycles. The predicted molar refractivity (Wildman–Crippen MR) is 66.3 cm³/mol. The minimum atomic E-state index is 0.604. The molecular weight excluding hydrogens is 220 g/mol. The van der Waals surface area contributed by atoms with Crippen molar-refractivity contribution in [2.45, 2.75) is 19.9 Å². The highest BCUT2D eigenvalue weighted by molar-refractivity contribution is 7.71. The van der Waals surface area contributed by atoms with E-state index in [2.05, 4.69) is 27.8 Å². The lowest BCUT2D eigenvalue weighted by molar-refractivity contribution is 0.763. The Balaban J connectivity index is 2.10. The maximum Gasteiger partial charge on any atom is 0.214 e. The summed E-state index contributed by atoms with van der Waals surface area (Å²) in [6.45, 7) is 2.79. The van der Waals surface area contributed by atoms with Gasteiger partial charge in [-0.25, -0.2) is 4.68 Å². The van der Waals surface area contributed by atoms with E-state index in [9.17, 15) is 0 Å². The van der Waals surface area contributed by atoms with Gasteiger partial charge in [-0.1, -0.05) is 37.3 Å². The molecule has 2 N–H and O–H groups in total. The number of nitrogens with zero attached hydrogens (tertiary/aromatic N) is 2. The third-order valence-electron chi connectivity index (χ3n) is 2.34. The van der Waals surface area contributed by atoms with Crippen LogP contribution in [0.4, 0.5) is 0 Å². The van der Waals surface area contributed by atoms with E-state index in [-0.39, 0.29) is 0 Å². The van der Waals surface area contributed by atoms with Gasteiger partial charge in [-0.05, 0) is 17.8 Å². The van der Waals surface area contributed by atoms with Crippen molar-refractivity contribution in [1.29, 1.82) is 0 Å². The summed E-state index contributed by atoms with van der Waals surface area (Å²) < 4.78 is 2.43. The number of hydrogen-bond donors (Lipinski definition) is 2. The molecule has 1 aromatic carbocycles. The number of benzene rings is 1. The third kappa shape index (κ3) is 2.30. The summed E-state index contributed by atoms with van der Waals surface area (Å²) in [5, 5.41) is 6.91. The number of rotatable bonds is 4. The van der Waals surface area contributed by atoms with E-state index in [0.29, 0.717) is 4.77 Å². The molecule has 0 spiro atoms. The number of aryl methyl sites for hydroxylation is 1. The molecule has 2 rings (SSSR count). The van der Waals surface area contributed by atoms with Crippen LogP contribution in [0.3, 0.4) is 0 Å². The van der Waals surface area contributed by atoms with Crippen LogP contribution in [-0.4, -0.2) is 14.9 Å². The molecule has 0 saturated heterocycles. The van der Waals surface area contributed by atoms with Gasteiger partial charge in [0.15, 0.2) is 5.82 Å². The third-order valence-corrected chi connectivity index (χ3v) is 2.62. The Morgan fingerprint density at radius 2 is 2.12 bits per heavy atom. The predicted octanol–water partition coefficient (Wildman–Crippen LogP) is 2.25. The van der Waals surface area contributed by atoms with E-state index in [1.807, 2.05) is 29.8 Å². The summed E-state index contributed by atoms with van der Waals surface area (Å²) in [6, 6.07) is 10.2. The molecule has 0 aliphatic carbocycles. The largest absolute Gasteiger partial charge is 0.318 e. The lowest BCUT2D eigenvalue weighted by atomic mass is 10.2. The van der Waals surface area contributed by atoms with Crippen LogP contribution in [0.15, 0.2) is 30.3 Å². The Labute approximate surface area is 99.3 Å². The first-order valence-electron chi connectivity index (χ1n) is 5.25. The molecule has 0 atom stereocenters. The second-order valence-electron chi connectivity index (χ2n) is 3.45. The maximum atomic E-state index is 5.14. The zero-order valence-electron chi connectivity index (χ0n) is 9.10. The topological polar surface area (TPSA) is 45.6 Å². The van der Waals surface area contributed by atoms with Gasteiger partial charge in [0.2, 0.25) is 4.77 Å². The summed E-state index contributed by atoms with van der Waals surface area (Å²) in [5.74, 6) is 0.918. The van der Waals surface area contributed by atoms with Crippen LogP contribution in [0.2, 0.25) is 0 Å². The van der Waals surface area contributed by atoms with Gasteiger partial charge < -0.3 is 5.43 Å². The smallest absolute Gasteiger partial charge is 0.214 e. The summed E-state index contributed by atoms with van der Waals surface area (Å²) in [7, 11) is 0. The normalized spacial score (nSPS) is 10.3. The minimum Gasteiger partial charge on any atom is -0.318 e. The average molecular weight is 234 g/mol.